The Labute approximate surface area is 382 Å². The highest BCUT2D eigenvalue weighted by Crippen LogP contribution is 2.21. The van der Waals surface area contributed by atoms with Gasteiger partial charge in [-0.1, -0.05) is 303 Å². The van der Waals surface area contributed by atoms with Gasteiger partial charge in [0, 0.05) is 12.3 Å². The molecule has 1 amide bonds. The zero-order valence-corrected chi connectivity index (χ0v) is 40.4. The Bertz CT molecular complexity index is 777. The minimum atomic E-state index is -0.653. The molecule has 0 aliphatic rings. The molecule has 3 N–H and O–H groups in total. The molecule has 4 nitrogen and oxygen atoms in total. The molecule has 59 heavy (non-hydrogen) atoms. The van der Waals surface area contributed by atoms with Crippen LogP contribution in [-0.2, 0) is 9.59 Å². The molecule has 0 aliphatic heterocycles. The molecule has 5 heteroatoms. The first-order valence-electron chi connectivity index (χ1n) is 27.0. The van der Waals surface area contributed by atoms with Gasteiger partial charge in [-0.3, -0.25) is 9.59 Å². The van der Waals surface area contributed by atoms with Crippen LogP contribution in [0, 0.1) is 5.92 Å². The fourth-order valence-corrected chi connectivity index (χ4v) is 8.60. The van der Waals surface area contributed by atoms with Gasteiger partial charge in [0.25, 0.3) is 0 Å². The Morgan fingerprint density at radius 2 is 0.492 bits per heavy atom. The van der Waals surface area contributed by atoms with Crippen molar-refractivity contribution in [2.45, 2.75) is 329 Å². The molecular formula is C54H112AlNO3. The predicted molar refractivity (Wildman–Crippen MR) is 269 cm³/mol. The first kappa shape index (κ1) is 62.8. The lowest BCUT2D eigenvalue weighted by Crippen LogP contribution is -2.23. The Hall–Kier alpha value is -0.528. The summed E-state index contributed by atoms with van der Waals surface area (Å²) in [6.07, 6.45) is 63.9. The average molecular weight is 850 g/mol. The van der Waals surface area contributed by atoms with Crippen molar-refractivity contribution in [2.75, 3.05) is 0 Å². The number of amides is 1. The third-order valence-electron chi connectivity index (χ3n) is 12.7. The second kappa shape index (κ2) is 57.5. The van der Waals surface area contributed by atoms with Crippen LogP contribution in [0.25, 0.3) is 0 Å². The van der Waals surface area contributed by atoms with Crippen LogP contribution in [-0.4, -0.2) is 34.3 Å². The summed E-state index contributed by atoms with van der Waals surface area (Å²) in [7, 11) is 0. The van der Waals surface area contributed by atoms with Crippen LogP contribution in [0.2, 0.25) is 0 Å². The summed E-state index contributed by atoms with van der Waals surface area (Å²) in [6.45, 7) is 6.85. The number of nitrogens with two attached hydrogens (primary N) is 1. The fourth-order valence-electron chi connectivity index (χ4n) is 8.60. The Balaban J connectivity index is -0.00000126. The number of unbranched alkanes of at least 4 members (excludes halogenated alkanes) is 42. The first-order valence-corrected chi connectivity index (χ1v) is 27.0. The number of hydrogen-bond acceptors (Lipinski definition) is 2. The number of carbonyl (C=O) groups is 2. The summed E-state index contributed by atoms with van der Waals surface area (Å²) in [4.78, 5) is 22.2. The van der Waals surface area contributed by atoms with Gasteiger partial charge in [-0.2, -0.15) is 0 Å². The lowest BCUT2D eigenvalue weighted by Gasteiger charge is -2.13. The third kappa shape index (κ3) is 59.6. The molecule has 1 unspecified atom stereocenters. The Morgan fingerprint density at radius 1 is 0.322 bits per heavy atom. The van der Waals surface area contributed by atoms with Crippen molar-refractivity contribution in [3.8, 4) is 0 Å². The molecule has 0 heterocycles. The molecular weight excluding hydrogens is 738 g/mol. The number of carboxylic acid groups (broad SMARTS) is 1. The zero-order valence-electron chi connectivity index (χ0n) is 40.4. The highest BCUT2D eigenvalue weighted by molar-refractivity contribution is 5.76. The Kier molecular flexibility index (Phi) is 61.1. The van der Waals surface area contributed by atoms with Crippen molar-refractivity contribution in [1.82, 2.24) is 0 Å². The van der Waals surface area contributed by atoms with E-state index in [0.29, 0.717) is 6.42 Å². The summed E-state index contributed by atoms with van der Waals surface area (Å²) in [5.41, 5.74) is 5.72. The van der Waals surface area contributed by atoms with Gasteiger partial charge in [-0.15, -0.1) is 0 Å². The van der Waals surface area contributed by atoms with Crippen LogP contribution in [0.4, 0.5) is 0 Å². The van der Waals surface area contributed by atoms with Gasteiger partial charge in [-0.05, 0) is 19.3 Å². The summed E-state index contributed by atoms with van der Waals surface area (Å²) >= 11 is 0. The molecule has 354 valence electrons. The quantitative estimate of drug-likeness (QED) is 0.0473. The van der Waals surface area contributed by atoms with E-state index in [0.717, 1.165) is 25.7 Å². The van der Waals surface area contributed by atoms with Gasteiger partial charge in [0.15, 0.2) is 17.4 Å². The number of aliphatic carboxylic acids is 1. The van der Waals surface area contributed by atoms with Crippen LogP contribution < -0.4 is 5.73 Å². The van der Waals surface area contributed by atoms with Crippen LogP contribution in [0.5, 0.6) is 0 Å². The van der Waals surface area contributed by atoms with E-state index in [-0.39, 0.29) is 29.2 Å². The highest BCUT2D eigenvalue weighted by Gasteiger charge is 2.14. The molecule has 0 spiro atoms. The summed E-state index contributed by atoms with van der Waals surface area (Å²) in [5, 5.41) is 8.52. The van der Waals surface area contributed by atoms with Crippen molar-refractivity contribution >= 4 is 29.2 Å². The van der Waals surface area contributed by atoms with Crippen molar-refractivity contribution in [2.24, 2.45) is 11.7 Å². The lowest BCUT2D eigenvalue weighted by molar-refractivity contribution is -0.137. The summed E-state index contributed by atoms with van der Waals surface area (Å²) in [5.74, 6) is -0.584. The minimum absolute atomic E-state index is 0. The number of rotatable bonds is 49. The highest BCUT2D eigenvalue weighted by atomic mass is 27.0. The van der Waals surface area contributed by atoms with Crippen LogP contribution in [0.1, 0.15) is 329 Å². The van der Waals surface area contributed by atoms with Crippen molar-refractivity contribution in [3.05, 3.63) is 0 Å². The zero-order chi connectivity index (χ0) is 42.7. The minimum Gasteiger partial charge on any atom is -0.481 e. The van der Waals surface area contributed by atoms with E-state index in [1.165, 1.54) is 276 Å². The molecule has 0 aromatic carbocycles. The number of carboxylic acids is 1. The van der Waals surface area contributed by atoms with E-state index in [4.69, 9.17) is 10.8 Å². The van der Waals surface area contributed by atoms with Crippen molar-refractivity contribution in [1.29, 1.82) is 0 Å². The number of hydrogen-bond donors (Lipinski definition) is 2. The number of primary amides is 1. The van der Waals surface area contributed by atoms with Crippen molar-refractivity contribution < 1.29 is 14.7 Å². The van der Waals surface area contributed by atoms with Gasteiger partial charge in [0.05, 0.1) is 0 Å². The largest absolute Gasteiger partial charge is 0.481 e. The molecule has 0 rings (SSSR count). The maximum atomic E-state index is 11.9. The predicted octanol–water partition coefficient (Wildman–Crippen LogP) is 17.8. The van der Waals surface area contributed by atoms with E-state index in [1.807, 2.05) is 0 Å². The van der Waals surface area contributed by atoms with Gasteiger partial charge in [0.1, 0.15) is 0 Å². The van der Waals surface area contributed by atoms with Crippen molar-refractivity contribution in [3.63, 3.8) is 0 Å². The fraction of sp³-hybridized carbons (Fsp3) is 0.963. The van der Waals surface area contributed by atoms with E-state index in [9.17, 15) is 9.59 Å². The molecule has 0 aliphatic carbocycles. The molecule has 0 saturated heterocycles. The van der Waals surface area contributed by atoms with E-state index >= 15 is 0 Å². The second-order valence-corrected chi connectivity index (χ2v) is 18.7. The second-order valence-electron chi connectivity index (χ2n) is 18.7. The SMILES string of the molecule is CCCCCCCCCCCCCCCCCC(=O)O.CCCCCCCCCCCCCCCCCCC(CCCCCCCCCCCCCCCC)C(N)=O.[AlH3]. The van der Waals surface area contributed by atoms with Crippen LogP contribution in [0.15, 0.2) is 0 Å². The average Bonchev–Trinajstić information content (AvgIpc) is 3.21. The monoisotopic (exact) mass is 850 g/mol. The van der Waals surface area contributed by atoms with Gasteiger partial charge in [0.2, 0.25) is 5.91 Å². The standard InChI is InChI=1S/C36H73NO.C18H36O2.Al.3H/c1-3-5-7-9-11-13-15-17-19-20-22-24-26-28-30-32-34-35(36(37)38)33-31-29-27-25-23-21-18-16-14-12-10-8-6-4-2;1-2-3-4-5-6-7-8-9-10-11-12-13-14-15-16-17-18(19)20;;;;/h35H,3-34H2,1-2H3,(H2,37,38);2-17H2,1H3,(H,19,20);;;;. The molecule has 0 radical (unpaired) electrons. The summed E-state index contributed by atoms with van der Waals surface area (Å²) in [6, 6.07) is 0. The number of carbonyl (C=O) groups excluding carboxylic acids is 1. The van der Waals surface area contributed by atoms with Crippen LogP contribution >= 0.6 is 0 Å². The van der Waals surface area contributed by atoms with E-state index < -0.39 is 5.97 Å². The van der Waals surface area contributed by atoms with Crippen LogP contribution in [0.3, 0.4) is 0 Å². The van der Waals surface area contributed by atoms with E-state index in [2.05, 4.69) is 20.8 Å². The molecule has 0 aromatic heterocycles. The van der Waals surface area contributed by atoms with Gasteiger partial charge < -0.3 is 10.8 Å². The maximum Gasteiger partial charge on any atom is 0.303 e. The Morgan fingerprint density at radius 3 is 0.661 bits per heavy atom. The molecule has 0 bridgehead atoms. The topological polar surface area (TPSA) is 80.4 Å². The maximum absolute atomic E-state index is 11.9. The van der Waals surface area contributed by atoms with Gasteiger partial charge in [-0.25, -0.2) is 0 Å². The smallest absolute Gasteiger partial charge is 0.303 e. The summed E-state index contributed by atoms with van der Waals surface area (Å²) < 4.78 is 0. The third-order valence-corrected chi connectivity index (χ3v) is 12.7. The molecule has 1 atom stereocenters. The lowest BCUT2D eigenvalue weighted by atomic mass is 9.93. The molecule has 0 aromatic rings. The molecule has 0 saturated carbocycles. The van der Waals surface area contributed by atoms with Gasteiger partial charge >= 0.3 is 5.97 Å². The first-order chi connectivity index (χ1) is 28.5. The molecule has 0 fully saturated rings. The normalized spacial score (nSPS) is 11.6. The van der Waals surface area contributed by atoms with E-state index in [1.54, 1.807) is 0 Å².